The van der Waals surface area contributed by atoms with Gasteiger partial charge in [-0.15, -0.1) is 13.2 Å². The second kappa shape index (κ2) is 6.59. The van der Waals surface area contributed by atoms with E-state index in [0.717, 1.165) is 11.0 Å². The van der Waals surface area contributed by atoms with Gasteiger partial charge in [0.25, 0.3) is 5.91 Å². The van der Waals surface area contributed by atoms with E-state index >= 15 is 0 Å². The Bertz CT molecular complexity index is 929. The van der Waals surface area contributed by atoms with Gasteiger partial charge in [0.15, 0.2) is 5.75 Å². The number of halogens is 3. The smallest absolute Gasteiger partial charge is 0.439 e. The molecule has 1 aromatic carbocycles. The number of alkyl halides is 3. The zero-order valence-corrected chi connectivity index (χ0v) is 14.7. The molecule has 0 aliphatic carbocycles. The monoisotopic (exact) mass is 396 g/mol. The number of nitrogen functional groups attached to an aromatic ring is 1. The number of hydrogen-bond donors (Lipinski definition) is 2. The lowest BCUT2D eigenvalue weighted by Crippen LogP contribution is -2.40. The highest BCUT2D eigenvalue weighted by Gasteiger charge is 2.45. The van der Waals surface area contributed by atoms with Crippen molar-refractivity contribution in [1.82, 2.24) is 10.3 Å². The number of carbonyl (C=O) groups is 2. The van der Waals surface area contributed by atoms with E-state index in [-0.39, 0.29) is 23.0 Å². The predicted molar refractivity (Wildman–Crippen MR) is 91.9 cm³/mol. The Morgan fingerprint density at radius 2 is 1.89 bits per heavy atom. The molecule has 8 nitrogen and oxygen atoms in total. The molecule has 0 saturated carbocycles. The Kier molecular flexibility index (Phi) is 4.53. The fraction of sp³-hybridized carbons (Fsp3) is 0.235. The van der Waals surface area contributed by atoms with Crippen LogP contribution in [0, 0.1) is 0 Å². The first-order valence-electron chi connectivity index (χ1n) is 7.92. The van der Waals surface area contributed by atoms with E-state index in [9.17, 15) is 22.8 Å². The number of benzene rings is 1. The summed E-state index contributed by atoms with van der Waals surface area (Å²) in [5.74, 6) is -1.02. The van der Waals surface area contributed by atoms with Crippen LogP contribution in [-0.4, -0.2) is 28.8 Å². The molecule has 1 aromatic heterocycles. The zero-order valence-electron chi connectivity index (χ0n) is 14.7. The van der Waals surface area contributed by atoms with Gasteiger partial charge in [-0.1, -0.05) is 0 Å². The van der Waals surface area contributed by atoms with Crippen LogP contribution in [0.25, 0.3) is 0 Å². The molecule has 0 unspecified atom stereocenters. The van der Waals surface area contributed by atoms with E-state index < -0.39 is 29.6 Å². The Labute approximate surface area is 157 Å². The molecule has 3 amide bonds. The van der Waals surface area contributed by atoms with Gasteiger partial charge >= 0.3 is 12.4 Å². The Hall–Kier alpha value is -3.50. The fourth-order valence-corrected chi connectivity index (χ4v) is 2.46. The second-order valence-electron chi connectivity index (χ2n) is 6.40. The summed E-state index contributed by atoms with van der Waals surface area (Å²) in [6, 6.07) is 5.71. The highest BCUT2D eigenvalue weighted by Crippen LogP contribution is 2.33. The standard InChI is InChI=1S/C17H15F3N4O4/c1-16(2)14(25)24(15(26)23-16)9-3-6-13(22-8-9)27-10-4-5-11(21)12(7-10)28-17(18,19)20/h3-8H,21H2,1-2H3,(H,23,26). The van der Waals surface area contributed by atoms with Crippen molar-refractivity contribution in [2.45, 2.75) is 25.7 Å². The second-order valence-corrected chi connectivity index (χ2v) is 6.40. The van der Waals surface area contributed by atoms with Gasteiger partial charge in [-0.2, -0.15) is 0 Å². The fourth-order valence-electron chi connectivity index (χ4n) is 2.46. The third-order valence-electron chi connectivity index (χ3n) is 3.77. The maximum Gasteiger partial charge on any atom is 0.573 e. The van der Waals surface area contributed by atoms with Gasteiger partial charge < -0.3 is 20.5 Å². The van der Waals surface area contributed by atoms with Crippen molar-refractivity contribution in [2.24, 2.45) is 0 Å². The minimum Gasteiger partial charge on any atom is -0.439 e. The molecule has 1 aliphatic heterocycles. The summed E-state index contributed by atoms with van der Waals surface area (Å²) in [6.07, 6.45) is -3.66. The minimum absolute atomic E-state index is 0.00447. The summed E-state index contributed by atoms with van der Waals surface area (Å²) in [6.45, 7) is 3.14. The number of urea groups is 1. The number of ether oxygens (including phenoxy) is 2. The average molecular weight is 396 g/mol. The SMILES string of the molecule is CC1(C)NC(=O)N(c2ccc(Oc3ccc(N)c(OC(F)(F)F)c3)nc2)C1=O. The van der Waals surface area contributed by atoms with Crippen LogP contribution in [0.2, 0.25) is 0 Å². The van der Waals surface area contributed by atoms with E-state index in [1.165, 1.54) is 30.5 Å². The van der Waals surface area contributed by atoms with E-state index in [0.29, 0.717) is 0 Å². The zero-order chi connectivity index (χ0) is 20.7. The van der Waals surface area contributed by atoms with Crippen LogP contribution < -0.4 is 25.4 Å². The number of nitrogens with one attached hydrogen (secondary N) is 1. The van der Waals surface area contributed by atoms with E-state index in [4.69, 9.17) is 10.5 Å². The topological polar surface area (TPSA) is 107 Å². The summed E-state index contributed by atoms with van der Waals surface area (Å²) in [7, 11) is 0. The van der Waals surface area contributed by atoms with Crippen LogP contribution >= 0.6 is 0 Å². The Morgan fingerprint density at radius 3 is 2.43 bits per heavy atom. The Morgan fingerprint density at radius 1 is 1.18 bits per heavy atom. The average Bonchev–Trinajstić information content (AvgIpc) is 2.78. The molecule has 0 radical (unpaired) electrons. The summed E-state index contributed by atoms with van der Waals surface area (Å²) >= 11 is 0. The quantitative estimate of drug-likeness (QED) is 0.607. The van der Waals surface area contributed by atoms with Crippen LogP contribution in [-0.2, 0) is 4.79 Å². The normalized spacial score (nSPS) is 16.1. The molecular weight excluding hydrogens is 381 g/mol. The van der Waals surface area contributed by atoms with Gasteiger partial charge in [0, 0.05) is 12.1 Å². The number of pyridine rings is 1. The molecule has 148 valence electrons. The van der Waals surface area contributed by atoms with Crippen LogP contribution in [0.15, 0.2) is 36.5 Å². The van der Waals surface area contributed by atoms with E-state index in [1.807, 2.05) is 0 Å². The lowest BCUT2D eigenvalue weighted by Gasteiger charge is -2.16. The van der Waals surface area contributed by atoms with E-state index in [1.54, 1.807) is 13.8 Å². The highest BCUT2D eigenvalue weighted by molar-refractivity contribution is 6.22. The number of imide groups is 1. The van der Waals surface area contributed by atoms with Gasteiger partial charge in [-0.3, -0.25) is 4.79 Å². The predicted octanol–water partition coefficient (Wildman–Crippen LogP) is 3.19. The van der Waals surface area contributed by atoms with Crippen LogP contribution in [0.4, 0.5) is 29.3 Å². The first-order chi connectivity index (χ1) is 13.0. The molecule has 1 aliphatic rings. The summed E-state index contributed by atoms with van der Waals surface area (Å²) < 4.78 is 46.4. The van der Waals surface area contributed by atoms with Crippen molar-refractivity contribution >= 4 is 23.3 Å². The van der Waals surface area contributed by atoms with Crippen molar-refractivity contribution in [3.63, 3.8) is 0 Å². The molecule has 1 fully saturated rings. The largest absolute Gasteiger partial charge is 0.573 e. The maximum absolute atomic E-state index is 12.4. The number of hydrogen-bond acceptors (Lipinski definition) is 6. The van der Waals surface area contributed by atoms with Crippen molar-refractivity contribution < 1.29 is 32.2 Å². The van der Waals surface area contributed by atoms with Crippen molar-refractivity contribution in [3.05, 3.63) is 36.5 Å². The number of anilines is 2. The van der Waals surface area contributed by atoms with Gasteiger partial charge in [0.05, 0.1) is 17.6 Å². The Balaban J connectivity index is 1.78. The summed E-state index contributed by atoms with van der Waals surface area (Å²) in [5.41, 5.74) is 4.43. The summed E-state index contributed by atoms with van der Waals surface area (Å²) in [5, 5.41) is 2.54. The molecule has 3 N–H and O–H groups in total. The van der Waals surface area contributed by atoms with Gasteiger partial charge in [-0.05, 0) is 32.0 Å². The number of carbonyl (C=O) groups excluding carboxylic acids is 2. The van der Waals surface area contributed by atoms with Gasteiger partial charge in [0.2, 0.25) is 5.88 Å². The molecule has 0 bridgehead atoms. The number of amides is 3. The third-order valence-corrected chi connectivity index (χ3v) is 3.77. The van der Waals surface area contributed by atoms with E-state index in [2.05, 4.69) is 15.0 Å². The maximum atomic E-state index is 12.4. The number of aromatic nitrogens is 1. The molecule has 1 saturated heterocycles. The number of nitrogens with two attached hydrogens (primary N) is 1. The lowest BCUT2D eigenvalue weighted by molar-refractivity contribution is -0.274. The molecule has 28 heavy (non-hydrogen) atoms. The summed E-state index contributed by atoms with van der Waals surface area (Å²) in [4.78, 5) is 29.2. The number of nitrogens with zero attached hydrogens (tertiary/aromatic N) is 2. The molecule has 11 heteroatoms. The number of rotatable bonds is 4. The molecule has 2 aromatic rings. The van der Waals surface area contributed by atoms with Gasteiger partial charge in [-0.25, -0.2) is 14.7 Å². The molecular formula is C17H15F3N4O4. The minimum atomic E-state index is -4.90. The highest BCUT2D eigenvalue weighted by atomic mass is 19.4. The molecule has 0 spiro atoms. The van der Waals surface area contributed by atoms with Gasteiger partial charge in [0.1, 0.15) is 11.3 Å². The van der Waals surface area contributed by atoms with Crippen molar-refractivity contribution in [3.8, 4) is 17.4 Å². The molecule has 3 rings (SSSR count). The first kappa shape index (κ1) is 19.3. The molecule has 0 atom stereocenters. The van der Waals surface area contributed by atoms with Crippen LogP contribution in [0.1, 0.15) is 13.8 Å². The van der Waals surface area contributed by atoms with Crippen LogP contribution in [0.3, 0.4) is 0 Å². The van der Waals surface area contributed by atoms with Crippen molar-refractivity contribution in [2.75, 3.05) is 10.6 Å². The van der Waals surface area contributed by atoms with Crippen LogP contribution in [0.5, 0.6) is 17.4 Å². The third kappa shape index (κ3) is 3.92. The lowest BCUT2D eigenvalue weighted by atomic mass is 10.1. The molecule has 2 heterocycles. The first-order valence-corrected chi connectivity index (χ1v) is 7.92. The van der Waals surface area contributed by atoms with Crippen molar-refractivity contribution in [1.29, 1.82) is 0 Å².